The van der Waals surface area contributed by atoms with Crippen molar-refractivity contribution in [2.45, 2.75) is 38.5 Å². The molecule has 0 amide bonds. The molecule has 0 spiro atoms. The number of hydrogen-bond acceptors (Lipinski definition) is 8. The van der Waals surface area contributed by atoms with Crippen LogP contribution in [0.3, 0.4) is 0 Å². The fourth-order valence-electron chi connectivity index (χ4n) is 3.79. The van der Waals surface area contributed by atoms with Crippen molar-refractivity contribution in [1.29, 1.82) is 0 Å². The Hall–Kier alpha value is -2.74. The number of piperidine rings is 2. The number of phenols is 2. The van der Waals surface area contributed by atoms with Crippen LogP contribution in [0, 0.1) is 0 Å². The van der Waals surface area contributed by atoms with Crippen LogP contribution in [0.2, 0.25) is 0 Å². The van der Waals surface area contributed by atoms with E-state index in [2.05, 4.69) is 25.3 Å². The first-order valence-corrected chi connectivity index (χ1v) is 10.4. The Labute approximate surface area is 183 Å². The molecule has 0 unspecified atom stereocenters. The number of rotatable bonds is 5. The summed E-state index contributed by atoms with van der Waals surface area (Å²) in [5.41, 5.74) is 3.68. The Kier molecular flexibility index (Phi) is 7.57. The predicted octanol–water partition coefficient (Wildman–Crippen LogP) is 3.74. The molecule has 4 rings (SSSR count). The summed E-state index contributed by atoms with van der Waals surface area (Å²) in [6.07, 6.45) is 8.84. The van der Waals surface area contributed by atoms with Gasteiger partial charge in [-0.25, -0.2) is 0 Å². The number of nitrogens with zero attached hydrogens (tertiary/aromatic N) is 5. The van der Waals surface area contributed by atoms with Crippen molar-refractivity contribution in [2.24, 2.45) is 5.10 Å². The van der Waals surface area contributed by atoms with Crippen LogP contribution < -0.4 is 15.2 Å². The normalized spacial score (nSPS) is 17.1. The minimum Gasteiger partial charge on any atom is -0.504 e. The number of hydrazone groups is 1. The second kappa shape index (κ2) is 10.3. The lowest BCUT2D eigenvalue weighted by Crippen LogP contribution is -2.33. The van der Waals surface area contributed by atoms with Gasteiger partial charge in [0.15, 0.2) is 17.3 Å². The van der Waals surface area contributed by atoms with Crippen molar-refractivity contribution >= 4 is 36.2 Å². The molecule has 2 aliphatic rings. The van der Waals surface area contributed by atoms with Crippen LogP contribution in [0.15, 0.2) is 29.4 Å². The van der Waals surface area contributed by atoms with Crippen molar-refractivity contribution in [3.05, 3.63) is 29.8 Å². The molecule has 0 bridgehead atoms. The lowest BCUT2D eigenvalue weighted by Gasteiger charge is -2.31. The van der Waals surface area contributed by atoms with Gasteiger partial charge in [0.05, 0.1) is 6.21 Å². The van der Waals surface area contributed by atoms with Crippen LogP contribution in [0.4, 0.5) is 17.6 Å². The van der Waals surface area contributed by atoms with E-state index in [-0.39, 0.29) is 23.9 Å². The molecular formula is C21H29ClN6O2. The van der Waals surface area contributed by atoms with E-state index >= 15 is 0 Å². The third kappa shape index (κ3) is 5.44. The Morgan fingerprint density at radius 3 is 2.17 bits per heavy atom. The van der Waals surface area contributed by atoms with Crippen molar-refractivity contribution in [3.8, 4) is 11.5 Å². The number of nitrogens with one attached hydrogen (secondary N) is 1. The fraction of sp³-hybridized carbons (Fsp3) is 0.476. The molecule has 1 aromatic carbocycles. The average molecular weight is 433 g/mol. The molecule has 0 radical (unpaired) electrons. The first-order chi connectivity index (χ1) is 14.2. The molecule has 3 heterocycles. The van der Waals surface area contributed by atoms with Crippen LogP contribution >= 0.6 is 12.4 Å². The summed E-state index contributed by atoms with van der Waals surface area (Å²) in [6.45, 7) is 4.01. The molecule has 9 heteroatoms. The first-order valence-electron chi connectivity index (χ1n) is 10.4. The number of halogens is 1. The zero-order valence-electron chi connectivity index (χ0n) is 17.0. The smallest absolute Gasteiger partial charge is 0.229 e. The van der Waals surface area contributed by atoms with Gasteiger partial charge in [-0.05, 0) is 62.3 Å². The maximum Gasteiger partial charge on any atom is 0.229 e. The highest BCUT2D eigenvalue weighted by atomic mass is 35.5. The zero-order valence-corrected chi connectivity index (χ0v) is 17.8. The van der Waals surface area contributed by atoms with Crippen molar-refractivity contribution in [3.63, 3.8) is 0 Å². The average Bonchev–Trinajstić information content (AvgIpc) is 2.77. The van der Waals surface area contributed by atoms with E-state index in [0.29, 0.717) is 11.4 Å². The molecule has 3 N–H and O–H groups in total. The zero-order chi connectivity index (χ0) is 20.1. The van der Waals surface area contributed by atoms with Crippen LogP contribution in [0.25, 0.3) is 0 Å². The Morgan fingerprint density at radius 1 is 0.833 bits per heavy atom. The molecule has 8 nitrogen and oxygen atoms in total. The monoisotopic (exact) mass is 432 g/mol. The standard InChI is InChI=1S/C21H28N6O2.ClH/c28-17-8-7-16(13-18(17)29)15-22-25-19-14-20(26-9-3-1-4-10-26)24-21(23-19)27-11-5-2-6-12-27;/h7-8,13-15,28-29H,1-6,9-12H2,(H,23,24,25);1H/b22-15+;. The second-order valence-electron chi connectivity index (χ2n) is 7.62. The van der Waals surface area contributed by atoms with Gasteiger partial charge in [-0.2, -0.15) is 15.1 Å². The van der Waals surface area contributed by atoms with Gasteiger partial charge in [-0.3, -0.25) is 5.43 Å². The molecular weight excluding hydrogens is 404 g/mol. The molecule has 162 valence electrons. The molecule has 2 saturated heterocycles. The van der Waals surface area contributed by atoms with Crippen LogP contribution in [-0.2, 0) is 0 Å². The highest BCUT2D eigenvalue weighted by molar-refractivity contribution is 5.85. The summed E-state index contributed by atoms with van der Waals surface area (Å²) in [4.78, 5) is 14.1. The van der Waals surface area contributed by atoms with Gasteiger partial charge in [0.1, 0.15) is 5.82 Å². The molecule has 0 aliphatic carbocycles. The van der Waals surface area contributed by atoms with Crippen LogP contribution in [0.1, 0.15) is 44.1 Å². The molecule has 0 atom stereocenters. The van der Waals surface area contributed by atoms with E-state index in [9.17, 15) is 10.2 Å². The largest absolute Gasteiger partial charge is 0.504 e. The molecule has 30 heavy (non-hydrogen) atoms. The Bertz CT molecular complexity index is 830. The fourth-order valence-corrected chi connectivity index (χ4v) is 3.79. The second-order valence-corrected chi connectivity index (χ2v) is 7.62. The summed E-state index contributed by atoms with van der Waals surface area (Å²) in [5.74, 6) is 2.03. The number of aromatic hydroxyl groups is 2. The van der Waals surface area contributed by atoms with Crippen molar-refractivity contribution in [2.75, 3.05) is 41.4 Å². The maximum atomic E-state index is 9.61. The summed E-state index contributed by atoms with van der Waals surface area (Å²) in [5, 5.41) is 23.3. The van der Waals surface area contributed by atoms with E-state index in [1.54, 1.807) is 12.3 Å². The number of phenolic OH excluding ortho intramolecular Hbond substituents is 2. The first kappa shape index (κ1) is 22.0. The summed E-state index contributed by atoms with van der Waals surface area (Å²) >= 11 is 0. The van der Waals surface area contributed by atoms with E-state index in [1.165, 1.54) is 50.7 Å². The predicted molar refractivity (Wildman–Crippen MR) is 122 cm³/mol. The molecule has 1 aromatic heterocycles. The third-order valence-electron chi connectivity index (χ3n) is 5.41. The van der Waals surface area contributed by atoms with Gasteiger partial charge in [0.2, 0.25) is 5.95 Å². The van der Waals surface area contributed by atoms with E-state index < -0.39 is 0 Å². The number of hydrogen-bond donors (Lipinski definition) is 3. The van der Waals surface area contributed by atoms with Gasteiger partial charge in [-0.1, -0.05) is 0 Å². The molecule has 2 aliphatic heterocycles. The van der Waals surface area contributed by atoms with Crippen LogP contribution in [-0.4, -0.2) is 52.6 Å². The van der Waals surface area contributed by atoms with Crippen LogP contribution in [0.5, 0.6) is 11.5 Å². The molecule has 2 aromatic rings. The SMILES string of the molecule is Cl.Oc1ccc(/C=N/Nc2cc(N3CCCCC3)nc(N3CCCCC3)n2)cc1O. The Morgan fingerprint density at radius 2 is 1.50 bits per heavy atom. The van der Waals surface area contributed by atoms with Crippen molar-refractivity contribution < 1.29 is 10.2 Å². The topological polar surface area (TPSA) is 97.1 Å². The Balaban J connectivity index is 0.00000256. The summed E-state index contributed by atoms with van der Waals surface area (Å²) < 4.78 is 0. The lowest BCUT2D eigenvalue weighted by atomic mass is 10.1. The van der Waals surface area contributed by atoms with Crippen molar-refractivity contribution in [1.82, 2.24) is 9.97 Å². The lowest BCUT2D eigenvalue weighted by molar-refractivity contribution is 0.403. The molecule has 0 saturated carbocycles. The van der Waals surface area contributed by atoms with Gasteiger partial charge in [-0.15, -0.1) is 12.4 Å². The van der Waals surface area contributed by atoms with Gasteiger partial charge in [0.25, 0.3) is 0 Å². The van der Waals surface area contributed by atoms with Gasteiger partial charge >= 0.3 is 0 Å². The summed E-state index contributed by atoms with van der Waals surface area (Å²) in [7, 11) is 0. The minimum absolute atomic E-state index is 0. The van der Waals surface area contributed by atoms with E-state index in [4.69, 9.17) is 4.98 Å². The highest BCUT2D eigenvalue weighted by Gasteiger charge is 2.19. The number of anilines is 3. The number of aromatic nitrogens is 2. The maximum absolute atomic E-state index is 9.61. The van der Waals surface area contributed by atoms with Gasteiger partial charge in [0, 0.05) is 32.2 Å². The van der Waals surface area contributed by atoms with E-state index in [0.717, 1.165) is 37.9 Å². The van der Waals surface area contributed by atoms with E-state index in [1.807, 2.05) is 6.07 Å². The number of benzene rings is 1. The quantitative estimate of drug-likeness (QED) is 0.376. The third-order valence-corrected chi connectivity index (χ3v) is 5.41. The highest BCUT2D eigenvalue weighted by Crippen LogP contribution is 2.26. The minimum atomic E-state index is -0.171. The summed E-state index contributed by atoms with van der Waals surface area (Å²) in [6, 6.07) is 6.52. The van der Waals surface area contributed by atoms with Gasteiger partial charge < -0.3 is 20.0 Å². The molecule has 2 fully saturated rings.